The fourth-order valence-corrected chi connectivity index (χ4v) is 4.08. The number of carboxylic acids is 1. The monoisotopic (exact) mass is 314 g/mol. The molecule has 0 unspecified atom stereocenters. The minimum absolute atomic E-state index is 0.169. The molecule has 21 heavy (non-hydrogen) atoms. The Bertz CT molecular complexity index is 679. The van der Waals surface area contributed by atoms with E-state index in [0.717, 1.165) is 12.1 Å². The molecule has 0 radical (unpaired) electrons. The number of para-hydroxylation sites is 1. The molecule has 1 aromatic rings. The molecule has 8 nitrogen and oxygen atoms in total. The molecule has 0 amide bonds. The zero-order chi connectivity index (χ0) is 15.7. The van der Waals surface area contributed by atoms with Gasteiger partial charge in [-0.25, -0.2) is 8.42 Å². The predicted molar refractivity (Wildman–Crippen MR) is 72.3 cm³/mol. The van der Waals surface area contributed by atoms with E-state index in [9.17, 15) is 28.4 Å². The summed E-state index contributed by atoms with van der Waals surface area (Å²) in [5, 5.41) is 20.2. The number of aliphatic carboxylic acids is 1. The van der Waals surface area contributed by atoms with Gasteiger partial charge in [0.25, 0.3) is 5.69 Å². The molecule has 114 valence electrons. The van der Waals surface area contributed by atoms with E-state index in [1.165, 1.54) is 12.1 Å². The molecular formula is C12H14N2O6S. The third-order valence-corrected chi connectivity index (χ3v) is 5.13. The summed E-state index contributed by atoms with van der Waals surface area (Å²) < 4.78 is 26.8. The number of nitrogens with one attached hydrogen (secondary N) is 1. The Balaban J connectivity index is 2.44. The lowest BCUT2D eigenvalue weighted by Crippen LogP contribution is -2.52. The van der Waals surface area contributed by atoms with E-state index in [0.29, 0.717) is 12.8 Å². The summed E-state index contributed by atoms with van der Waals surface area (Å²) in [7, 11) is -4.30. The average molecular weight is 314 g/mol. The van der Waals surface area contributed by atoms with Gasteiger partial charge in [0.2, 0.25) is 10.0 Å². The van der Waals surface area contributed by atoms with Crippen LogP contribution in [-0.2, 0) is 14.8 Å². The van der Waals surface area contributed by atoms with Crippen molar-refractivity contribution < 1.29 is 23.2 Å². The summed E-state index contributed by atoms with van der Waals surface area (Å²) in [4.78, 5) is 21.0. The second-order valence-corrected chi connectivity index (χ2v) is 6.58. The largest absolute Gasteiger partial charge is 0.480 e. The van der Waals surface area contributed by atoms with Crippen LogP contribution in [-0.4, -0.2) is 30.0 Å². The molecule has 1 fully saturated rings. The van der Waals surface area contributed by atoms with E-state index in [-0.39, 0.29) is 12.8 Å². The van der Waals surface area contributed by atoms with Crippen LogP contribution in [0.4, 0.5) is 5.69 Å². The van der Waals surface area contributed by atoms with Crippen LogP contribution >= 0.6 is 0 Å². The Morgan fingerprint density at radius 1 is 1.29 bits per heavy atom. The van der Waals surface area contributed by atoms with Gasteiger partial charge < -0.3 is 5.11 Å². The van der Waals surface area contributed by atoms with Crippen LogP contribution in [0.15, 0.2) is 29.2 Å². The summed E-state index contributed by atoms with van der Waals surface area (Å²) in [5.41, 5.74) is -2.16. The number of nitrogens with zero attached hydrogens (tertiary/aromatic N) is 1. The van der Waals surface area contributed by atoms with Gasteiger partial charge in [0, 0.05) is 6.07 Å². The Kier molecular flexibility index (Phi) is 3.97. The van der Waals surface area contributed by atoms with Crippen LogP contribution in [0.25, 0.3) is 0 Å². The first-order valence-corrected chi connectivity index (χ1v) is 7.78. The van der Waals surface area contributed by atoms with Crippen molar-refractivity contribution in [2.75, 3.05) is 0 Å². The van der Waals surface area contributed by atoms with Crippen molar-refractivity contribution in [2.45, 2.75) is 36.1 Å². The highest BCUT2D eigenvalue weighted by Crippen LogP contribution is 2.33. The number of hydrogen-bond donors (Lipinski definition) is 2. The maximum atomic E-state index is 12.3. The lowest BCUT2D eigenvalue weighted by molar-refractivity contribution is -0.387. The van der Waals surface area contributed by atoms with Crippen molar-refractivity contribution in [3.63, 3.8) is 0 Å². The van der Waals surface area contributed by atoms with E-state index in [2.05, 4.69) is 4.72 Å². The van der Waals surface area contributed by atoms with Gasteiger partial charge >= 0.3 is 5.97 Å². The number of carboxylic acid groups (broad SMARTS) is 1. The Hall–Kier alpha value is -2.00. The first kappa shape index (κ1) is 15.4. The lowest BCUT2D eigenvalue weighted by Gasteiger charge is -2.24. The molecule has 0 bridgehead atoms. The SMILES string of the molecule is O=C(O)C1(NS(=O)(=O)c2ccccc2[N+](=O)[O-])CCCC1. The van der Waals surface area contributed by atoms with Gasteiger partial charge in [-0.1, -0.05) is 25.0 Å². The summed E-state index contributed by atoms with van der Waals surface area (Å²) >= 11 is 0. The smallest absolute Gasteiger partial charge is 0.324 e. The zero-order valence-electron chi connectivity index (χ0n) is 11.0. The molecule has 0 aliphatic heterocycles. The molecule has 2 N–H and O–H groups in total. The van der Waals surface area contributed by atoms with Gasteiger partial charge in [-0.05, 0) is 18.9 Å². The first-order chi connectivity index (χ1) is 9.78. The van der Waals surface area contributed by atoms with Gasteiger partial charge in [-0.3, -0.25) is 14.9 Å². The molecule has 1 aromatic carbocycles. The van der Waals surface area contributed by atoms with Crippen LogP contribution in [0.3, 0.4) is 0 Å². The molecule has 9 heteroatoms. The van der Waals surface area contributed by atoms with Crippen molar-refractivity contribution in [1.82, 2.24) is 4.72 Å². The second kappa shape index (κ2) is 5.41. The summed E-state index contributed by atoms with van der Waals surface area (Å²) in [5.74, 6) is -1.26. The predicted octanol–water partition coefficient (Wildman–Crippen LogP) is 1.27. The van der Waals surface area contributed by atoms with Gasteiger partial charge in [0.1, 0.15) is 5.54 Å². The number of nitro benzene ring substituents is 1. The number of benzene rings is 1. The number of sulfonamides is 1. The van der Waals surface area contributed by atoms with Crippen molar-refractivity contribution in [2.24, 2.45) is 0 Å². The average Bonchev–Trinajstić information content (AvgIpc) is 2.88. The lowest BCUT2D eigenvalue weighted by atomic mass is 10.0. The molecule has 0 saturated heterocycles. The molecule has 0 heterocycles. The van der Waals surface area contributed by atoms with Crippen LogP contribution < -0.4 is 4.72 Å². The number of carbonyl (C=O) groups is 1. The fourth-order valence-electron chi connectivity index (χ4n) is 2.49. The van der Waals surface area contributed by atoms with Crippen molar-refractivity contribution >= 4 is 21.7 Å². The first-order valence-electron chi connectivity index (χ1n) is 6.29. The summed E-state index contributed by atoms with van der Waals surface area (Å²) in [6.07, 6.45) is 1.52. The molecule has 0 spiro atoms. The summed E-state index contributed by atoms with van der Waals surface area (Å²) in [6.45, 7) is 0. The molecule has 2 rings (SSSR count). The van der Waals surface area contributed by atoms with Crippen LogP contribution in [0.1, 0.15) is 25.7 Å². The van der Waals surface area contributed by atoms with E-state index >= 15 is 0 Å². The van der Waals surface area contributed by atoms with Crippen LogP contribution in [0.5, 0.6) is 0 Å². The van der Waals surface area contributed by atoms with E-state index in [1.54, 1.807) is 0 Å². The van der Waals surface area contributed by atoms with Gasteiger partial charge in [-0.2, -0.15) is 4.72 Å². The van der Waals surface area contributed by atoms with Crippen LogP contribution in [0, 0.1) is 10.1 Å². The van der Waals surface area contributed by atoms with E-state index < -0.39 is 37.0 Å². The Labute approximate surface area is 121 Å². The van der Waals surface area contributed by atoms with Gasteiger partial charge in [0.05, 0.1) is 4.92 Å². The molecule has 0 aromatic heterocycles. The van der Waals surface area contributed by atoms with Gasteiger partial charge in [-0.15, -0.1) is 0 Å². The molecular weight excluding hydrogens is 300 g/mol. The highest BCUT2D eigenvalue weighted by atomic mass is 32.2. The normalized spacial score (nSPS) is 17.5. The zero-order valence-corrected chi connectivity index (χ0v) is 11.8. The maximum absolute atomic E-state index is 12.3. The molecule has 0 atom stereocenters. The Morgan fingerprint density at radius 3 is 2.38 bits per heavy atom. The van der Waals surface area contributed by atoms with Gasteiger partial charge in [0.15, 0.2) is 4.90 Å². The van der Waals surface area contributed by atoms with Crippen LogP contribution in [0.2, 0.25) is 0 Å². The third kappa shape index (κ3) is 2.88. The standard InChI is InChI=1S/C12H14N2O6S/c15-11(16)12(7-3-4-8-12)13-21(19,20)10-6-2-1-5-9(10)14(17)18/h1-2,5-6,13H,3-4,7-8H2,(H,15,16). The summed E-state index contributed by atoms with van der Waals surface area (Å²) in [6, 6.07) is 4.85. The van der Waals surface area contributed by atoms with Crippen molar-refractivity contribution in [3.05, 3.63) is 34.4 Å². The second-order valence-electron chi connectivity index (χ2n) is 4.92. The minimum Gasteiger partial charge on any atom is -0.480 e. The van der Waals surface area contributed by atoms with E-state index in [1.807, 2.05) is 0 Å². The molecule has 1 aliphatic carbocycles. The molecule has 1 aliphatic rings. The Morgan fingerprint density at radius 2 is 1.86 bits per heavy atom. The number of rotatable bonds is 5. The number of hydrogen-bond acceptors (Lipinski definition) is 5. The maximum Gasteiger partial charge on any atom is 0.324 e. The minimum atomic E-state index is -4.30. The molecule has 1 saturated carbocycles. The highest BCUT2D eigenvalue weighted by molar-refractivity contribution is 7.89. The fraction of sp³-hybridized carbons (Fsp3) is 0.417. The quantitative estimate of drug-likeness (QED) is 0.622. The topological polar surface area (TPSA) is 127 Å². The number of nitro groups is 1. The third-order valence-electron chi connectivity index (χ3n) is 3.55. The highest BCUT2D eigenvalue weighted by Gasteiger charge is 2.45. The van der Waals surface area contributed by atoms with Crippen molar-refractivity contribution in [3.8, 4) is 0 Å². The van der Waals surface area contributed by atoms with Crippen molar-refractivity contribution in [1.29, 1.82) is 0 Å². The van der Waals surface area contributed by atoms with E-state index in [4.69, 9.17) is 0 Å².